The minimum Gasteiger partial charge on any atom is -0.497 e. The molecule has 5 rings (SSSR count). The molecule has 2 atom stereocenters. The van der Waals surface area contributed by atoms with Crippen molar-refractivity contribution in [2.45, 2.75) is 25.9 Å². The summed E-state index contributed by atoms with van der Waals surface area (Å²) in [6.45, 7) is 4.18. The Kier molecular flexibility index (Phi) is 6.45. The lowest BCUT2D eigenvalue weighted by molar-refractivity contribution is 0.415. The number of methoxy groups -OCH3 is 1. The number of hydrogen-bond donors (Lipinski definition) is 1. The zero-order valence-corrected chi connectivity index (χ0v) is 21.8. The van der Waals surface area contributed by atoms with Gasteiger partial charge in [-0.3, -0.25) is 4.98 Å². The molecule has 1 fully saturated rings. The average Bonchev–Trinajstić information content (AvgIpc) is 3.35. The fraction of sp³-hybridized carbons (Fsp3) is 0.185. The third kappa shape index (κ3) is 4.27. The van der Waals surface area contributed by atoms with Gasteiger partial charge in [0.15, 0.2) is 5.11 Å². The number of benzene rings is 2. The molecule has 0 unspecified atom stereocenters. The number of hydrogen-bond acceptors (Lipinski definition) is 3. The Labute approximate surface area is 220 Å². The van der Waals surface area contributed by atoms with Gasteiger partial charge in [-0.05, 0) is 80.2 Å². The Bertz CT molecular complexity index is 1410. The van der Waals surface area contributed by atoms with E-state index in [0.717, 1.165) is 39.8 Å². The minimum absolute atomic E-state index is 0.143. The summed E-state index contributed by atoms with van der Waals surface area (Å²) in [5.41, 5.74) is 5.99. The van der Waals surface area contributed by atoms with Crippen molar-refractivity contribution in [1.82, 2.24) is 14.9 Å². The molecule has 4 aromatic rings. The minimum atomic E-state index is -0.149. The van der Waals surface area contributed by atoms with E-state index >= 15 is 0 Å². The first-order chi connectivity index (χ1) is 16.9. The second-order valence-corrected chi connectivity index (χ2v) is 9.69. The second-order valence-electron chi connectivity index (χ2n) is 8.46. The van der Waals surface area contributed by atoms with E-state index in [4.69, 9.17) is 40.2 Å². The summed E-state index contributed by atoms with van der Waals surface area (Å²) in [6, 6.07) is 21.3. The number of halogens is 2. The quantitative estimate of drug-likeness (QED) is 0.286. The van der Waals surface area contributed by atoms with Crippen molar-refractivity contribution in [3.05, 3.63) is 106 Å². The van der Waals surface area contributed by atoms with Crippen molar-refractivity contribution in [1.29, 1.82) is 0 Å². The van der Waals surface area contributed by atoms with Gasteiger partial charge in [0, 0.05) is 34.4 Å². The lowest BCUT2D eigenvalue weighted by Gasteiger charge is -2.28. The van der Waals surface area contributed by atoms with Gasteiger partial charge >= 0.3 is 0 Å². The van der Waals surface area contributed by atoms with Gasteiger partial charge in [-0.15, -0.1) is 0 Å². The molecule has 0 saturated carbocycles. The standard InChI is InChI=1S/C27H24Cl2N4OS/c1-16-13-21(17(2)32(16)24-11-10-18(28)14-22(24)29)26-25(23-9-4-5-12-30-23)31-27(35)33(26)19-7-6-8-20(15-19)34-3/h4-15,25-26H,1-3H3,(H,31,35)/t25-,26-/m1/s1. The monoisotopic (exact) mass is 522 g/mol. The normalized spacial score (nSPS) is 17.5. The van der Waals surface area contributed by atoms with E-state index in [-0.39, 0.29) is 12.1 Å². The van der Waals surface area contributed by atoms with Crippen LogP contribution in [0, 0.1) is 13.8 Å². The molecule has 0 spiro atoms. The van der Waals surface area contributed by atoms with Gasteiger partial charge in [-0.25, -0.2) is 0 Å². The van der Waals surface area contributed by atoms with E-state index in [9.17, 15) is 0 Å². The molecule has 0 radical (unpaired) electrons. The summed E-state index contributed by atoms with van der Waals surface area (Å²) in [5, 5.41) is 5.35. The molecule has 0 bridgehead atoms. The Morgan fingerprint density at radius 2 is 1.83 bits per heavy atom. The molecule has 35 heavy (non-hydrogen) atoms. The zero-order chi connectivity index (χ0) is 24.7. The van der Waals surface area contributed by atoms with Gasteiger partial charge in [0.05, 0.1) is 35.6 Å². The highest BCUT2D eigenvalue weighted by Crippen LogP contribution is 2.44. The number of nitrogens with zero attached hydrogens (tertiary/aromatic N) is 3. The average molecular weight is 523 g/mol. The molecule has 3 heterocycles. The molecular formula is C27H24Cl2N4OS. The maximum absolute atomic E-state index is 6.61. The first-order valence-corrected chi connectivity index (χ1v) is 12.3. The van der Waals surface area contributed by atoms with Crippen LogP contribution in [-0.4, -0.2) is 21.8 Å². The number of nitrogens with one attached hydrogen (secondary N) is 1. The van der Waals surface area contributed by atoms with Crippen molar-refractivity contribution in [3.63, 3.8) is 0 Å². The number of anilines is 1. The fourth-order valence-corrected chi connectivity index (χ4v) is 5.67. The van der Waals surface area contributed by atoms with Crippen molar-refractivity contribution < 1.29 is 4.74 Å². The largest absolute Gasteiger partial charge is 0.497 e. The van der Waals surface area contributed by atoms with E-state index in [1.54, 1.807) is 13.2 Å². The molecule has 1 saturated heterocycles. The zero-order valence-electron chi connectivity index (χ0n) is 19.5. The van der Waals surface area contributed by atoms with Crippen LogP contribution in [0.1, 0.15) is 34.7 Å². The summed E-state index contributed by atoms with van der Waals surface area (Å²) >= 11 is 18.6. The summed E-state index contributed by atoms with van der Waals surface area (Å²) in [7, 11) is 1.66. The Balaban J connectivity index is 1.69. The van der Waals surface area contributed by atoms with Crippen LogP contribution in [0.2, 0.25) is 10.0 Å². The number of thiocarbonyl (C=S) groups is 1. The van der Waals surface area contributed by atoms with Crippen LogP contribution < -0.4 is 15.0 Å². The van der Waals surface area contributed by atoms with Crippen LogP contribution in [0.15, 0.2) is 72.9 Å². The van der Waals surface area contributed by atoms with Gasteiger partial charge in [-0.1, -0.05) is 35.3 Å². The van der Waals surface area contributed by atoms with Gasteiger partial charge in [0.25, 0.3) is 0 Å². The van der Waals surface area contributed by atoms with Crippen LogP contribution in [0.5, 0.6) is 5.75 Å². The predicted octanol–water partition coefficient (Wildman–Crippen LogP) is 6.98. The van der Waals surface area contributed by atoms with Crippen LogP contribution in [0.25, 0.3) is 5.69 Å². The van der Waals surface area contributed by atoms with Crippen LogP contribution in [-0.2, 0) is 0 Å². The van der Waals surface area contributed by atoms with Crippen molar-refractivity contribution in [3.8, 4) is 11.4 Å². The van der Waals surface area contributed by atoms with Crippen molar-refractivity contribution >= 4 is 46.2 Å². The number of pyridine rings is 1. The molecule has 1 aliphatic heterocycles. The summed E-state index contributed by atoms with van der Waals surface area (Å²) in [6.07, 6.45) is 1.81. The maximum Gasteiger partial charge on any atom is 0.174 e. The fourth-order valence-electron chi connectivity index (χ4n) is 4.83. The SMILES string of the molecule is COc1cccc(N2C(=S)N[C@H](c3ccccn3)[C@H]2c2cc(C)n(-c3ccc(Cl)cc3Cl)c2C)c1. The summed E-state index contributed by atoms with van der Waals surface area (Å²) in [5.74, 6) is 0.767. The van der Waals surface area contributed by atoms with Crippen LogP contribution in [0.3, 0.4) is 0 Å². The molecule has 0 aliphatic carbocycles. The first-order valence-electron chi connectivity index (χ1n) is 11.2. The molecule has 2 aromatic carbocycles. The van der Waals surface area contributed by atoms with Gasteiger partial charge in [-0.2, -0.15) is 0 Å². The molecule has 1 aliphatic rings. The predicted molar refractivity (Wildman–Crippen MR) is 146 cm³/mol. The lowest BCUT2D eigenvalue weighted by Crippen LogP contribution is -2.29. The van der Waals surface area contributed by atoms with E-state index < -0.39 is 0 Å². The third-order valence-electron chi connectivity index (χ3n) is 6.37. The lowest BCUT2D eigenvalue weighted by atomic mass is 9.96. The number of aryl methyl sites for hydroxylation is 1. The molecule has 5 nitrogen and oxygen atoms in total. The third-order valence-corrected chi connectivity index (χ3v) is 7.22. The number of ether oxygens (including phenoxy) is 1. The van der Waals surface area contributed by atoms with Gasteiger partial charge < -0.3 is 19.5 Å². The molecule has 2 aromatic heterocycles. The Morgan fingerprint density at radius 3 is 2.54 bits per heavy atom. The maximum atomic E-state index is 6.61. The van der Waals surface area contributed by atoms with Gasteiger partial charge in [0.2, 0.25) is 0 Å². The Hall–Kier alpha value is -3.06. The highest BCUT2D eigenvalue weighted by atomic mass is 35.5. The highest BCUT2D eigenvalue weighted by molar-refractivity contribution is 7.80. The number of aromatic nitrogens is 2. The highest BCUT2D eigenvalue weighted by Gasteiger charge is 2.42. The topological polar surface area (TPSA) is 42.3 Å². The van der Waals surface area contributed by atoms with Crippen molar-refractivity contribution in [2.75, 3.05) is 12.0 Å². The van der Waals surface area contributed by atoms with Gasteiger partial charge in [0.1, 0.15) is 5.75 Å². The second kappa shape index (κ2) is 9.53. The smallest absolute Gasteiger partial charge is 0.174 e. The number of rotatable bonds is 5. The van der Waals surface area contributed by atoms with E-state index in [1.165, 1.54) is 0 Å². The van der Waals surface area contributed by atoms with E-state index in [2.05, 4.69) is 39.7 Å². The van der Waals surface area contributed by atoms with Crippen molar-refractivity contribution in [2.24, 2.45) is 0 Å². The molecule has 1 N–H and O–H groups in total. The molecule has 0 amide bonds. The first kappa shape index (κ1) is 23.7. The van der Waals surface area contributed by atoms with E-state index in [0.29, 0.717) is 15.2 Å². The molecular weight excluding hydrogens is 499 g/mol. The van der Waals surface area contributed by atoms with Crippen LogP contribution in [0.4, 0.5) is 5.69 Å². The van der Waals surface area contributed by atoms with Crippen LogP contribution >= 0.6 is 35.4 Å². The Morgan fingerprint density at radius 1 is 1.00 bits per heavy atom. The summed E-state index contributed by atoms with van der Waals surface area (Å²) < 4.78 is 7.66. The van der Waals surface area contributed by atoms with E-state index in [1.807, 2.05) is 60.8 Å². The molecule has 178 valence electrons. The summed E-state index contributed by atoms with van der Waals surface area (Å²) in [4.78, 5) is 6.80. The molecule has 8 heteroatoms.